The second kappa shape index (κ2) is 9.86. The van der Waals surface area contributed by atoms with E-state index < -0.39 is 5.97 Å². The number of carbonyl (C=O) groups is 2. The number of carbonyl (C=O) groups excluding carboxylic acids is 1. The summed E-state index contributed by atoms with van der Waals surface area (Å²) in [5, 5.41) is 9.72. The van der Waals surface area contributed by atoms with Gasteiger partial charge in [0.15, 0.2) is 0 Å². The molecule has 0 atom stereocenters. The lowest BCUT2D eigenvalue weighted by molar-refractivity contribution is 0.0686. The number of para-hydroxylation sites is 2. The molecule has 0 radical (unpaired) electrons. The molecule has 38 heavy (non-hydrogen) atoms. The molecule has 0 fully saturated rings. The highest BCUT2D eigenvalue weighted by Crippen LogP contribution is 2.39. The highest BCUT2D eigenvalue weighted by Gasteiger charge is 2.31. The van der Waals surface area contributed by atoms with Crippen molar-refractivity contribution in [2.45, 2.75) is 25.7 Å². The largest absolute Gasteiger partial charge is 0.478 e. The first-order valence-electron chi connectivity index (χ1n) is 13.2. The minimum absolute atomic E-state index is 0.0250. The molecule has 6 heteroatoms. The average Bonchev–Trinajstić information content (AvgIpc) is 3.66. The van der Waals surface area contributed by atoms with Crippen molar-refractivity contribution in [3.8, 4) is 0 Å². The van der Waals surface area contributed by atoms with Gasteiger partial charge in [0.25, 0.3) is 5.91 Å². The zero-order valence-corrected chi connectivity index (χ0v) is 21.6. The van der Waals surface area contributed by atoms with Gasteiger partial charge in [-0.1, -0.05) is 48.5 Å². The van der Waals surface area contributed by atoms with Gasteiger partial charge in [0.05, 0.1) is 11.1 Å². The van der Waals surface area contributed by atoms with Gasteiger partial charge in [-0.2, -0.15) is 0 Å². The number of rotatable bonds is 6. The van der Waals surface area contributed by atoms with Crippen LogP contribution in [-0.4, -0.2) is 48.6 Å². The molecule has 0 unspecified atom stereocenters. The van der Waals surface area contributed by atoms with Gasteiger partial charge in [-0.3, -0.25) is 4.79 Å². The van der Waals surface area contributed by atoms with Gasteiger partial charge in [0.2, 0.25) is 0 Å². The van der Waals surface area contributed by atoms with E-state index in [1.165, 1.54) is 34.1 Å². The summed E-state index contributed by atoms with van der Waals surface area (Å²) in [5.74, 6) is -1.40. The summed E-state index contributed by atoms with van der Waals surface area (Å²) in [7, 11) is 1.78. The summed E-state index contributed by atoms with van der Waals surface area (Å²) in [6.07, 6.45) is 5.94. The van der Waals surface area contributed by atoms with Crippen molar-refractivity contribution in [3.63, 3.8) is 0 Å². The van der Waals surface area contributed by atoms with Gasteiger partial charge in [0, 0.05) is 50.0 Å². The molecule has 0 saturated heterocycles. The van der Waals surface area contributed by atoms with Gasteiger partial charge in [-0.05, 0) is 72.2 Å². The van der Waals surface area contributed by atoms with E-state index in [9.17, 15) is 14.7 Å². The third kappa shape index (κ3) is 4.26. The molecule has 6 nitrogen and oxygen atoms in total. The number of carboxylic acids is 1. The fourth-order valence-electron chi connectivity index (χ4n) is 6.11. The number of anilines is 2. The normalized spacial score (nSPS) is 17.2. The molecule has 3 aromatic rings. The lowest BCUT2D eigenvalue weighted by Gasteiger charge is -2.26. The van der Waals surface area contributed by atoms with E-state index in [1.807, 2.05) is 0 Å². The first-order valence-corrected chi connectivity index (χ1v) is 13.2. The van der Waals surface area contributed by atoms with Crippen LogP contribution in [0.1, 0.15) is 44.7 Å². The van der Waals surface area contributed by atoms with E-state index in [0.29, 0.717) is 0 Å². The smallest absolute Gasteiger partial charge is 0.336 e. The van der Waals surface area contributed by atoms with E-state index in [1.54, 1.807) is 30.1 Å². The Bertz CT molecular complexity index is 1490. The van der Waals surface area contributed by atoms with E-state index in [4.69, 9.17) is 0 Å². The van der Waals surface area contributed by atoms with Gasteiger partial charge < -0.3 is 19.8 Å². The van der Waals surface area contributed by atoms with Gasteiger partial charge in [-0.25, -0.2) is 4.79 Å². The first-order chi connectivity index (χ1) is 18.5. The Morgan fingerprint density at radius 3 is 2.21 bits per heavy atom. The molecule has 1 aliphatic carbocycles. The molecule has 6 rings (SSSR count). The first kappa shape index (κ1) is 24.0. The van der Waals surface area contributed by atoms with E-state index >= 15 is 0 Å². The molecule has 0 aromatic heterocycles. The van der Waals surface area contributed by atoms with Crippen molar-refractivity contribution in [1.82, 2.24) is 4.90 Å². The molecule has 2 aliphatic heterocycles. The van der Waals surface area contributed by atoms with E-state index in [2.05, 4.69) is 64.5 Å². The number of carboxylic acid groups (broad SMARTS) is 1. The second-order valence-corrected chi connectivity index (χ2v) is 10.2. The van der Waals surface area contributed by atoms with Gasteiger partial charge in [-0.15, -0.1) is 0 Å². The summed E-state index contributed by atoms with van der Waals surface area (Å²) in [6.45, 7) is 2.61. The number of aromatic carboxylic acids is 1. The van der Waals surface area contributed by atoms with Crippen LogP contribution in [0.25, 0.3) is 0 Å². The topological polar surface area (TPSA) is 64.1 Å². The van der Waals surface area contributed by atoms with Crippen molar-refractivity contribution >= 4 is 23.3 Å². The second-order valence-electron chi connectivity index (χ2n) is 10.2. The SMILES string of the molecule is CN(C(=O)c1ccccc1C(=O)O)C1=C(CN2CCc3ccccc32)CC/C1=C\N1CCc2ccccc21. The Morgan fingerprint density at radius 1 is 0.816 bits per heavy atom. The van der Waals surface area contributed by atoms with Crippen LogP contribution in [0.4, 0.5) is 11.4 Å². The number of hydrogen-bond acceptors (Lipinski definition) is 4. The molecule has 0 spiro atoms. The molecule has 0 bridgehead atoms. The van der Waals surface area contributed by atoms with Crippen molar-refractivity contribution in [3.05, 3.63) is 118 Å². The minimum Gasteiger partial charge on any atom is -0.478 e. The Morgan fingerprint density at radius 2 is 1.45 bits per heavy atom. The Balaban J connectivity index is 1.39. The van der Waals surface area contributed by atoms with Gasteiger partial charge >= 0.3 is 5.97 Å². The maximum atomic E-state index is 13.8. The van der Waals surface area contributed by atoms with Crippen LogP contribution in [-0.2, 0) is 12.8 Å². The number of nitrogens with zero attached hydrogens (tertiary/aromatic N) is 3. The number of amides is 1. The average molecular weight is 506 g/mol. The van der Waals surface area contributed by atoms with Crippen molar-refractivity contribution in [2.75, 3.05) is 36.5 Å². The maximum Gasteiger partial charge on any atom is 0.336 e. The third-order valence-electron chi connectivity index (χ3n) is 7.96. The molecule has 3 aliphatic rings. The summed E-state index contributed by atoms with van der Waals surface area (Å²) in [4.78, 5) is 32.1. The van der Waals surface area contributed by atoms with Crippen molar-refractivity contribution in [2.24, 2.45) is 0 Å². The number of benzene rings is 3. The molecular formula is C32H31N3O3. The van der Waals surface area contributed by atoms with E-state index in [-0.39, 0.29) is 17.0 Å². The lowest BCUT2D eigenvalue weighted by Crippen LogP contribution is -2.31. The number of hydrogen-bond donors (Lipinski definition) is 1. The fourth-order valence-corrected chi connectivity index (χ4v) is 6.11. The standard InChI is InChI=1S/C32H31N3O3/c1-33(31(36)26-10-4-5-11-27(26)32(37)38)30-24(20-34-18-16-22-8-2-6-12-28(22)34)14-15-25(30)21-35-19-17-23-9-3-7-13-29(23)35/h2-13,20H,14-19,21H2,1H3,(H,37,38)/b24-20+. The zero-order chi connectivity index (χ0) is 26.2. The third-order valence-corrected chi connectivity index (χ3v) is 7.96. The fraction of sp³-hybridized carbons (Fsp3) is 0.250. The zero-order valence-electron chi connectivity index (χ0n) is 21.6. The van der Waals surface area contributed by atoms with Crippen LogP contribution in [0.15, 0.2) is 95.8 Å². The van der Waals surface area contributed by atoms with Crippen LogP contribution in [0.5, 0.6) is 0 Å². The molecular weight excluding hydrogens is 474 g/mol. The van der Waals surface area contributed by atoms with Crippen molar-refractivity contribution < 1.29 is 14.7 Å². The Kier molecular flexibility index (Phi) is 6.24. The van der Waals surface area contributed by atoms with Crippen LogP contribution in [0, 0.1) is 0 Å². The lowest BCUT2D eigenvalue weighted by atomic mass is 10.1. The molecule has 0 saturated carbocycles. The monoisotopic (exact) mass is 505 g/mol. The highest BCUT2D eigenvalue weighted by atomic mass is 16.4. The number of fused-ring (bicyclic) bond motifs is 2. The molecule has 3 aromatic carbocycles. The highest BCUT2D eigenvalue weighted by molar-refractivity contribution is 6.05. The summed E-state index contributed by atoms with van der Waals surface area (Å²) in [6, 6.07) is 23.5. The molecule has 2 heterocycles. The van der Waals surface area contributed by atoms with Crippen LogP contribution < -0.4 is 9.80 Å². The van der Waals surface area contributed by atoms with Crippen molar-refractivity contribution in [1.29, 1.82) is 0 Å². The molecule has 192 valence electrons. The summed E-state index contributed by atoms with van der Waals surface area (Å²) < 4.78 is 0. The maximum absolute atomic E-state index is 13.8. The number of likely N-dealkylation sites (N-methyl/N-ethyl adjacent to an activating group) is 1. The minimum atomic E-state index is -1.10. The Hall–Kier alpha value is -4.32. The summed E-state index contributed by atoms with van der Waals surface area (Å²) in [5.41, 5.74) is 8.65. The number of allylic oxidation sites excluding steroid dienone is 1. The predicted octanol–water partition coefficient (Wildman–Crippen LogP) is 5.51. The van der Waals surface area contributed by atoms with Crippen LogP contribution in [0.3, 0.4) is 0 Å². The Labute approximate surface area is 223 Å². The van der Waals surface area contributed by atoms with Gasteiger partial charge in [0.1, 0.15) is 0 Å². The molecule has 1 amide bonds. The van der Waals surface area contributed by atoms with E-state index in [0.717, 1.165) is 56.6 Å². The predicted molar refractivity (Wildman–Crippen MR) is 150 cm³/mol. The van der Waals surface area contributed by atoms with Crippen LogP contribution in [0.2, 0.25) is 0 Å². The summed E-state index contributed by atoms with van der Waals surface area (Å²) >= 11 is 0. The molecule has 1 N–H and O–H groups in total. The quantitative estimate of drug-likeness (QED) is 0.478. The van der Waals surface area contributed by atoms with Crippen LogP contribution >= 0.6 is 0 Å².